The zero-order chi connectivity index (χ0) is 24.3. The van der Waals surface area contributed by atoms with Crippen LogP contribution in [-0.2, 0) is 11.2 Å². The summed E-state index contributed by atoms with van der Waals surface area (Å²) >= 11 is 12.5. The number of halogens is 3. The molecule has 2 aromatic carbocycles. The van der Waals surface area contributed by atoms with Gasteiger partial charge < -0.3 is 20.1 Å². The second-order valence-electron chi connectivity index (χ2n) is 8.04. The first-order valence-electron chi connectivity index (χ1n) is 10.5. The molecule has 34 heavy (non-hydrogen) atoms. The van der Waals surface area contributed by atoms with Crippen molar-refractivity contribution in [2.24, 2.45) is 0 Å². The Labute approximate surface area is 205 Å². The number of amides is 2. The van der Waals surface area contributed by atoms with Crippen molar-refractivity contribution in [3.63, 3.8) is 0 Å². The van der Waals surface area contributed by atoms with Crippen molar-refractivity contribution in [3.05, 3.63) is 69.5 Å². The van der Waals surface area contributed by atoms with Crippen LogP contribution in [0.15, 0.2) is 42.5 Å². The molecule has 2 aliphatic heterocycles. The highest BCUT2D eigenvalue weighted by Crippen LogP contribution is 2.35. The van der Waals surface area contributed by atoms with Gasteiger partial charge in [-0.3, -0.25) is 9.59 Å². The zero-order valence-electron chi connectivity index (χ0n) is 17.9. The molecule has 1 aliphatic carbocycles. The molecular formula is C24H20Cl2FN3O4. The Hall–Kier alpha value is -3.28. The number of rotatable bonds is 2. The predicted octanol–water partition coefficient (Wildman–Crippen LogP) is 3.97. The Kier molecular flexibility index (Phi) is 6.96. The molecule has 10 heteroatoms. The average molecular weight is 504 g/mol. The maximum atomic E-state index is 14.1. The molecule has 0 radical (unpaired) electrons. The molecule has 0 aromatic heterocycles. The number of nitrogens with zero attached hydrogens (tertiary/aromatic N) is 1. The molecule has 2 N–H and O–H groups in total. The molecule has 3 aliphatic rings. The van der Waals surface area contributed by atoms with E-state index in [1.807, 2.05) is 0 Å². The molecule has 2 amide bonds. The number of carbonyl (C=O) groups is 2. The van der Waals surface area contributed by atoms with Crippen LogP contribution in [0.1, 0.15) is 28.8 Å². The van der Waals surface area contributed by atoms with Crippen molar-refractivity contribution in [1.29, 1.82) is 5.26 Å². The molecule has 1 saturated carbocycles. The second-order valence-corrected chi connectivity index (χ2v) is 8.85. The fourth-order valence-corrected chi connectivity index (χ4v) is 3.98. The highest BCUT2D eigenvalue weighted by atomic mass is 35.5. The molecule has 7 nitrogen and oxygen atoms in total. The maximum Gasteiger partial charge on any atom is 0.255 e. The third kappa shape index (κ3) is 5.44. The normalized spacial score (nSPS) is 20.1. The summed E-state index contributed by atoms with van der Waals surface area (Å²) in [6.07, 6.45) is 4.48. The second kappa shape index (κ2) is 9.92. The van der Waals surface area contributed by atoms with E-state index in [0.717, 1.165) is 12.1 Å². The van der Waals surface area contributed by atoms with Gasteiger partial charge in [0.25, 0.3) is 5.91 Å². The van der Waals surface area contributed by atoms with Crippen LogP contribution in [0.5, 0.6) is 11.5 Å². The molecular weight excluding hydrogens is 484 g/mol. The van der Waals surface area contributed by atoms with E-state index in [4.69, 9.17) is 32.7 Å². The summed E-state index contributed by atoms with van der Waals surface area (Å²) in [6, 6.07) is 8.08. The lowest BCUT2D eigenvalue weighted by Gasteiger charge is -2.22. The quantitative estimate of drug-likeness (QED) is 0.603. The number of hydrogen-bond donors (Lipinski definition) is 2. The minimum atomic E-state index is -1.08. The largest absolute Gasteiger partial charge is 0.488 e. The fraction of sp³-hybridized carbons (Fsp3) is 0.292. The number of nitriles is 1. The molecule has 0 spiro atoms. The van der Waals surface area contributed by atoms with Crippen molar-refractivity contribution < 1.29 is 23.5 Å². The maximum absolute atomic E-state index is 14.1. The Bertz CT molecular complexity index is 1210. The van der Waals surface area contributed by atoms with Crippen molar-refractivity contribution in [2.45, 2.75) is 30.8 Å². The minimum Gasteiger partial charge on any atom is -0.488 e. The summed E-state index contributed by atoms with van der Waals surface area (Å²) in [6.45, 7) is 0.254. The Balaban J connectivity index is 1.70. The number of fused-ring (bicyclic) bond motifs is 9. The standard InChI is InChI=1S/C24H20Cl2FN3O4/c25-17-9-14-3-4-20(17)33-7-1-2-8-34-21-16(11-15(27)12-18(21)26)22(31)29-19(10-14)23(32)30-24(13-28)5-6-24/h1-4,9,11-12,19H,5-8,10H2,(H,29,31)(H,30,32)/b2-1+/t19-/m0/s1. The zero-order valence-corrected chi connectivity index (χ0v) is 19.4. The third-order valence-corrected chi connectivity index (χ3v) is 6.04. The fourth-order valence-electron chi connectivity index (χ4n) is 3.46. The van der Waals surface area contributed by atoms with E-state index in [1.54, 1.807) is 30.4 Å². The van der Waals surface area contributed by atoms with Gasteiger partial charge in [-0.25, -0.2) is 4.39 Å². The molecule has 1 atom stereocenters. The van der Waals surface area contributed by atoms with Crippen molar-refractivity contribution >= 4 is 35.0 Å². The average Bonchev–Trinajstić information content (AvgIpc) is 3.56. The van der Waals surface area contributed by atoms with Gasteiger partial charge in [0.1, 0.15) is 36.4 Å². The number of hydrogen-bond acceptors (Lipinski definition) is 5. The molecule has 1 fully saturated rings. The van der Waals surface area contributed by atoms with E-state index in [0.29, 0.717) is 29.2 Å². The number of carbonyl (C=O) groups excluding carboxylic acids is 2. The first-order valence-corrected chi connectivity index (χ1v) is 11.3. The Morgan fingerprint density at radius 2 is 1.88 bits per heavy atom. The first kappa shape index (κ1) is 23.9. The van der Waals surface area contributed by atoms with Crippen LogP contribution >= 0.6 is 23.2 Å². The van der Waals surface area contributed by atoms with E-state index < -0.39 is 29.2 Å². The lowest BCUT2D eigenvalue weighted by Crippen LogP contribution is -2.51. The van der Waals surface area contributed by atoms with Crippen LogP contribution in [-0.4, -0.2) is 36.6 Å². The Morgan fingerprint density at radius 3 is 2.56 bits per heavy atom. The van der Waals surface area contributed by atoms with Crippen molar-refractivity contribution in [1.82, 2.24) is 10.6 Å². The first-order chi connectivity index (χ1) is 16.3. The smallest absolute Gasteiger partial charge is 0.255 e. The van der Waals surface area contributed by atoms with Gasteiger partial charge in [-0.1, -0.05) is 29.3 Å². The van der Waals surface area contributed by atoms with Crippen LogP contribution in [0.25, 0.3) is 0 Å². The van der Waals surface area contributed by atoms with Gasteiger partial charge in [0.05, 0.1) is 21.7 Å². The molecule has 2 aromatic rings. The van der Waals surface area contributed by atoms with E-state index in [2.05, 4.69) is 16.7 Å². The van der Waals surface area contributed by atoms with Crippen LogP contribution in [0.4, 0.5) is 4.39 Å². The number of ether oxygens (including phenoxy) is 2. The third-order valence-electron chi connectivity index (χ3n) is 5.46. The minimum absolute atomic E-state index is 0.0144. The van der Waals surface area contributed by atoms with E-state index >= 15 is 0 Å². The van der Waals surface area contributed by atoms with E-state index in [9.17, 15) is 19.2 Å². The van der Waals surface area contributed by atoms with Crippen LogP contribution in [0, 0.1) is 17.1 Å². The molecule has 5 rings (SSSR count). The van der Waals surface area contributed by atoms with E-state index in [-0.39, 0.29) is 36.0 Å². The summed E-state index contributed by atoms with van der Waals surface area (Å²) in [7, 11) is 0. The van der Waals surface area contributed by atoms with Gasteiger partial charge in [-0.05, 0) is 54.8 Å². The molecule has 2 bridgehead atoms. The molecule has 176 valence electrons. The van der Waals surface area contributed by atoms with Gasteiger partial charge in [0, 0.05) is 6.42 Å². The summed E-state index contributed by atoms with van der Waals surface area (Å²) in [5.41, 5.74) is -0.444. The van der Waals surface area contributed by atoms with Gasteiger partial charge in [0.2, 0.25) is 5.91 Å². The van der Waals surface area contributed by atoms with Crippen LogP contribution in [0.2, 0.25) is 10.0 Å². The lowest BCUT2D eigenvalue weighted by molar-refractivity contribution is -0.123. The van der Waals surface area contributed by atoms with Gasteiger partial charge in [-0.2, -0.15) is 5.26 Å². The number of benzene rings is 2. The Morgan fingerprint density at radius 1 is 1.15 bits per heavy atom. The lowest BCUT2D eigenvalue weighted by atomic mass is 10.0. The molecule has 2 heterocycles. The highest BCUT2D eigenvalue weighted by Gasteiger charge is 2.45. The monoisotopic (exact) mass is 503 g/mol. The van der Waals surface area contributed by atoms with Crippen molar-refractivity contribution in [3.8, 4) is 17.6 Å². The van der Waals surface area contributed by atoms with Crippen molar-refractivity contribution in [2.75, 3.05) is 13.2 Å². The predicted molar refractivity (Wildman–Crippen MR) is 124 cm³/mol. The SMILES string of the molecule is N#CC1(NC(=O)[C@@H]2Cc3ccc(c(Cl)c3)OC/C=C/COc3c(Cl)cc(F)cc3C(=O)N2)CC1. The molecule has 0 saturated heterocycles. The summed E-state index contributed by atoms with van der Waals surface area (Å²) in [4.78, 5) is 26.2. The van der Waals surface area contributed by atoms with Gasteiger partial charge >= 0.3 is 0 Å². The summed E-state index contributed by atoms with van der Waals surface area (Å²) < 4.78 is 25.4. The van der Waals surface area contributed by atoms with Gasteiger partial charge in [0.15, 0.2) is 5.75 Å². The van der Waals surface area contributed by atoms with Crippen LogP contribution < -0.4 is 20.1 Å². The number of nitrogens with one attached hydrogen (secondary N) is 2. The topological polar surface area (TPSA) is 100 Å². The van der Waals surface area contributed by atoms with E-state index in [1.165, 1.54) is 0 Å². The molecule has 0 unspecified atom stereocenters. The van der Waals surface area contributed by atoms with Crippen LogP contribution in [0.3, 0.4) is 0 Å². The van der Waals surface area contributed by atoms with Gasteiger partial charge in [-0.15, -0.1) is 0 Å². The summed E-state index contributed by atoms with van der Waals surface area (Å²) in [5, 5.41) is 14.9. The highest BCUT2D eigenvalue weighted by molar-refractivity contribution is 6.33. The summed E-state index contributed by atoms with van der Waals surface area (Å²) in [5.74, 6) is -1.58.